The van der Waals surface area contributed by atoms with Crippen molar-refractivity contribution in [2.75, 3.05) is 7.05 Å². The fourth-order valence-corrected chi connectivity index (χ4v) is 2.50. The molecule has 0 radical (unpaired) electrons. The molecule has 1 atom stereocenters. The molecule has 0 bridgehead atoms. The maximum atomic E-state index is 4.07. The lowest BCUT2D eigenvalue weighted by Crippen LogP contribution is -2.30. The molecule has 2 nitrogen and oxygen atoms in total. The Hall–Kier alpha value is -1.67. The van der Waals surface area contributed by atoms with Gasteiger partial charge in [0, 0.05) is 18.4 Å². The number of nitrogens with zero attached hydrogens (tertiary/aromatic N) is 1. The summed E-state index contributed by atoms with van der Waals surface area (Å²) in [7, 11) is 2.04. The van der Waals surface area contributed by atoms with Crippen LogP contribution in [-0.2, 0) is 12.8 Å². The Morgan fingerprint density at radius 3 is 2.21 bits per heavy atom. The van der Waals surface area contributed by atoms with Gasteiger partial charge in [-0.1, -0.05) is 18.2 Å². The van der Waals surface area contributed by atoms with E-state index in [0.717, 1.165) is 12.8 Å². The molecule has 0 aliphatic rings. The van der Waals surface area contributed by atoms with Crippen molar-refractivity contribution in [1.29, 1.82) is 0 Å². The van der Waals surface area contributed by atoms with Crippen molar-refractivity contribution < 1.29 is 0 Å². The highest BCUT2D eigenvalue weighted by Gasteiger charge is 2.11. The minimum atomic E-state index is 0.460. The van der Waals surface area contributed by atoms with Gasteiger partial charge >= 0.3 is 0 Å². The van der Waals surface area contributed by atoms with Gasteiger partial charge in [-0.25, -0.2) is 0 Å². The summed E-state index contributed by atoms with van der Waals surface area (Å²) in [5.41, 5.74) is 5.57. The van der Waals surface area contributed by atoms with E-state index < -0.39 is 0 Å². The smallest absolute Gasteiger partial charge is 0.0270 e. The molecule has 0 fully saturated rings. The van der Waals surface area contributed by atoms with Crippen molar-refractivity contribution in [2.24, 2.45) is 0 Å². The summed E-state index contributed by atoms with van der Waals surface area (Å²) in [4.78, 5) is 4.07. The van der Waals surface area contributed by atoms with Crippen LogP contribution in [-0.4, -0.2) is 18.1 Å². The van der Waals surface area contributed by atoms with Crippen LogP contribution in [0.2, 0.25) is 0 Å². The van der Waals surface area contributed by atoms with Crippen molar-refractivity contribution >= 4 is 0 Å². The van der Waals surface area contributed by atoms with Crippen molar-refractivity contribution in [3.05, 3.63) is 65.0 Å². The molecule has 0 spiro atoms. The third kappa shape index (κ3) is 3.65. The predicted octanol–water partition coefficient (Wildman–Crippen LogP) is 3.07. The summed E-state index contributed by atoms with van der Waals surface area (Å²) >= 11 is 0. The van der Waals surface area contributed by atoms with Gasteiger partial charge in [0.25, 0.3) is 0 Å². The van der Waals surface area contributed by atoms with Gasteiger partial charge in [0.15, 0.2) is 0 Å². The van der Waals surface area contributed by atoms with Crippen LogP contribution in [0.3, 0.4) is 0 Å². The lowest BCUT2D eigenvalue weighted by atomic mass is 9.93. The summed E-state index contributed by atoms with van der Waals surface area (Å²) in [5, 5.41) is 3.43. The number of aryl methyl sites for hydroxylation is 2. The largest absolute Gasteiger partial charge is 0.316 e. The average Bonchev–Trinajstić information content (AvgIpc) is 2.43. The Balaban J connectivity index is 2.11. The van der Waals surface area contributed by atoms with Gasteiger partial charge in [-0.15, -0.1) is 0 Å². The third-order valence-electron chi connectivity index (χ3n) is 3.73. The molecule has 100 valence electrons. The molecule has 0 aliphatic heterocycles. The minimum absolute atomic E-state index is 0.460. The van der Waals surface area contributed by atoms with E-state index in [-0.39, 0.29) is 0 Å². The maximum absolute atomic E-state index is 4.07. The van der Waals surface area contributed by atoms with Crippen LogP contribution in [0.5, 0.6) is 0 Å². The van der Waals surface area contributed by atoms with Crippen LogP contribution in [0.25, 0.3) is 0 Å². The van der Waals surface area contributed by atoms with E-state index in [4.69, 9.17) is 0 Å². The summed E-state index contributed by atoms with van der Waals surface area (Å²) in [6.07, 6.45) is 5.83. The van der Waals surface area contributed by atoms with Crippen LogP contribution in [0, 0.1) is 13.8 Å². The van der Waals surface area contributed by atoms with Crippen LogP contribution < -0.4 is 5.32 Å². The highest BCUT2D eigenvalue weighted by molar-refractivity contribution is 5.34. The molecule has 1 N–H and O–H groups in total. The lowest BCUT2D eigenvalue weighted by molar-refractivity contribution is 0.554. The van der Waals surface area contributed by atoms with Crippen LogP contribution in [0.4, 0.5) is 0 Å². The first-order valence-electron chi connectivity index (χ1n) is 6.82. The molecule has 19 heavy (non-hydrogen) atoms. The van der Waals surface area contributed by atoms with E-state index in [1.165, 1.54) is 22.3 Å². The lowest BCUT2D eigenvalue weighted by Gasteiger charge is -2.19. The molecule has 1 aromatic heterocycles. The molecular formula is C17H22N2. The highest BCUT2D eigenvalue weighted by Crippen LogP contribution is 2.16. The topological polar surface area (TPSA) is 24.9 Å². The van der Waals surface area contributed by atoms with E-state index in [1.807, 2.05) is 19.4 Å². The molecule has 0 saturated carbocycles. The van der Waals surface area contributed by atoms with Crippen molar-refractivity contribution in [3.8, 4) is 0 Å². The number of nitrogens with one attached hydrogen (secondary N) is 1. The second-order valence-corrected chi connectivity index (χ2v) is 5.12. The molecular weight excluding hydrogens is 232 g/mol. The minimum Gasteiger partial charge on any atom is -0.316 e. The van der Waals surface area contributed by atoms with Gasteiger partial charge in [0.05, 0.1) is 0 Å². The zero-order valence-electron chi connectivity index (χ0n) is 12.0. The van der Waals surface area contributed by atoms with Crippen molar-refractivity contribution in [2.45, 2.75) is 32.7 Å². The fraction of sp³-hybridized carbons (Fsp3) is 0.353. The molecule has 1 heterocycles. The molecule has 0 saturated heterocycles. The van der Waals surface area contributed by atoms with E-state index in [9.17, 15) is 0 Å². The first-order valence-corrected chi connectivity index (χ1v) is 6.82. The standard InChI is InChI=1S/C17H22N2/c1-13-5-4-6-14(2)17(13)12-16(18-3)11-15-7-9-19-10-8-15/h4-10,16,18H,11-12H2,1-3H3. The summed E-state index contributed by atoms with van der Waals surface area (Å²) in [5.74, 6) is 0. The van der Waals surface area contributed by atoms with Crippen LogP contribution in [0.15, 0.2) is 42.7 Å². The number of rotatable bonds is 5. The van der Waals surface area contributed by atoms with Gasteiger partial charge in [0.2, 0.25) is 0 Å². The van der Waals surface area contributed by atoms with E-state index in [2.05, 4.69) is 54.5 Å². The zero-order chi connectivity index (χ0) is 13.7. The number of likely N-dealkylation sites (N-methyl/N-ethyl adjacent to an activating group) is 1. The van der Waals surface area contributed by atoms with E-state index >= 15 is 0 Å². The van der Waals surface area contributed by atoms with Gasteiger partial charge in [-0.3, -0.25) is 4.98 Å². The average molecular weight is 254 g/mol. The Labute approximate surface area is 115 Å². The molecule has 0 aliphatic carbocycles. The first kappa shape index (κ1) is 13.8. The van der Waals surface area contributed by atoms with Gasteiger partial charge in [-0.2, -0.15) is 0 Å². The quantitative estimate of drug-likeness (QED) is 0.887. The summed E-state index contributed by atoms with van der Waals surface area (Å²) in [6, 6.07) is 11.2. The molecule has 2 heteroatoms. The summed E-state index contributed by atoms with van der Waals surface area (Å²) < 4.78 is 0. The molecule has 1 unspecified atom stereocenters. The fourth-order valence-electron chi connectivity index (χ4n) is 2.50. The highest BCUT2D eigenvalue weighted by atomic mass is 14.9. The Morgan fingerprint density at radius 2 is 1.63 bits per heavy atom. The number of hydrogen-bond acceptors (Lipinski definition) is 2. The number of aromatic nitrogens is 1. The predicted molar refractivity (Wildman–Crippen MR) is 80.4 cm³/mol. The van der Waals surface area contributed by atoms with Crippen LogP contribution >= 0.6 is 0 Å². The number of hydrogen-bond donors (Lipinski definition) is 1. The molecule has 2 aromatic rings. The summed E-state index contributed by atoms with van der Waals surface area (Å²) in [6.45, 7) is 4.39. The number of benzene rings is 1. The van der Waals surface area contributed by atoms with E-state index in [1.54, 1.807) is 0 Å². The molecule has 2 rings (SSSR count). The van der Waals surface area contributed by atoms with E-state index in [0.29, 0.717) is 6.04 Å². The second kappa shape index (κ2) is 6.48. The second-order valence-electron chi connectivity index (χ2n) is 5.12. The SMILES string of the molecule is CNC(Cc1ccncc1)Cc1c(C)cccc1C. The van der Waals surface area contributed by atoms with Crippen molar-refractivity contribution in [1.82, 2.24) is 10.3 Å². The van der Waals surface area contributed by atoms with Gasteiger partial charge < -0.3 is 5.32 Å². The van der Waals surface area contributed by atoms with Crippen molar-refractivity contribution in [3.63, 3.8) is 0 Å². The monoisotopic (exact) mass is 254 g/mol. The molecule has 1 aromatic carbocycles. The van der Waals surface area contributed by atoms with Gasteiger partial charge in [0.1, 0.15) is 0 Å². The Morgan fingerprint density at radius 1 is 1.00 bits per heavy atom. The zero-order valence-corrected chi connectivity index (χ0v) is 12.0. The first-order chi connectivity index (χ1) is 9.20. The number of pyridine rings is 1. The Kier molecular flexibility index (Phi) is 4.69. The van der Waals surface area contributed by atoms with Gasteiger partial charge in [-0.05, 0) is 68.1 Å². The third-order valence-corrected chi connectivity index (χ3v) is 3.73. The van der Waals surface area contributed by atoms with Crippen LogP contribution in [0.1, 0.15) is 22.3 Å². The Bertz CT molecular complexity index is 500. The normalized spacial score (nSPS) is 12.4. The maximum Gasteiger partial charge on any atom is 0.0270 e. The molecule has 0 amide bonds.